The Hall–Kier alpha value is -3.85. The minimum absolute atomic E-state index is 0.279. The van der Waals surface area contributed by atoms with Gasteiger partial charge in [0.2, 0.25) is 0 Å². The van der Waals surface area contributed by atoms with Crippen molar-refractivity contribution in [2.75, 3.05) is 0 Å². The average Bonchev–Trinajstić information content (AvgIpc) is 3.39. The molecule has 0 saturated carbocycles. The van der Waals surface area contributed by atoms with E-state index < -0.39 is 0 Å². The van der Waals surface area contributed by atoms with Gasteiger partial charge in [0.25, 0.3) is 0 Å². The number of benzene rings is 3. The second-order valence-corrected chi connectivity index (χ2v) is 8.79. The summed E-state index contributed by atoms with van der Waals surface area (Å²) in [6.45, 7) is 2.56. The number of hydrogen-bond acceptors (Lipinski definition) is 5. The van der Waals surface area contributed by atoms with E-state index in [9.17, 15) is 5.26 Å². The summed E-state index contributed by atoms with van der Waals surface area (Å²) in [5.41, 5.74) is 8.53. The third-order valence-electron chi connectivity index (χ3n) is 5.65. The maximum absolute atomic E-state index is 9.83. The number of ether oxygens (including phenoxy) is 1. The zero-order chi connectivity index (χ0) is 22.6. The van der Waals surface area contributed by atoms with Crippen LogP contribution in [0.1, 0.15) is 33.2 Å². The Labute approximate surface area is 196 Å². The van der Waals surface area contributed by atoms with Gasteiger partial charge in [-0.05, 0) is 47.9 Å². The molecule has 1 atom stereocenters. The van der Waals surface area contributed by atoms with Crippen molar-refractivity contribution < 1.29 is 4.74 Å². The number of para-hydroxylation sites is 1. The van der Waals surface area contributed by atoms with Gasteiger partial charge in [-0.2, -0.15) is 5.26 Å². The third kappa shape index (κ3) is 4.40. The molecule has 0 aliphatic heterocycles. The number of rotatable bonds is 6. The number of aromatic nitrogens is 2. The molecule has 5 rings (SSSR count). The molecule has 0 saturated heterocycles. The fourth-order valence-corrected chi connectivity index (χ4v) is 4.63. The predicted octanol–water partition coefficient (Wildman–Crippen LogP) is 6.84. The zero-order valence-electron chi connectivity index (χ0n) is 18.1. The van der Waals surface area contributed by atoms with E-state index in [1.54, 1.807) is 17.5 Å². The first-order valence-electron chi connectivity index (χ1n) is 10.7. The van der Waals surface area contributed by atoms with Crippen molar-refractivity contribution in [3.8, 4) is 17.2 Å². The van der Waals surface area contributed by atoms with Crippen molar-refractivity contribution in [1.29, 1.82) is 5.26 Å². The van der Waals surface area contributed by atoms with Gasteiger partial charge < -0.3 is 4.74 Å². The van der Waals surface area contributed by atoms with Crippen molar-refractivity contribution in [2.24, 2.45) is 0 Å². The molecule has 0 N–H and O–H groups in total. The summed E-state index contributed by atoms with van der Waals surface area (Å²) < 4.78 is 6.43. The van der Waals surface area contributed by atoms with E-state index in [1.807, 2.05) is 54.2 Å². The maximum atomic E-state index is 9.83. The van der Waals surface area contributed by atoms with Gasteiger partial charge in [0.05, 0.1) is 34.1 Å². The number of pyridine rings is 1. The summed E-state index contributed by atoms with van der Waals surface area (Å²) >= 11 is 1.57. The van der Waals surface area contributed by atoms with Crippen LogP contribution in [0.3, 0.4) is 0 Å². The molecular weight excluding hydrogens is 426 g/mol. The van der Waals surface area contributed by atoms with Crippen molar-refractivity contribution in [2.45, 2.75) is 19.6 Å². The van der Waals surface area contributed by atoms with E-state index in [0.717, 1.165) is 38.0 Å². The predicted molar refractivity (Wildman–Crippen MR) is 132 cm³/mol. The van der Waals surface area contributed by atoms with Gasteiger partial charge in [-0.25, -0.2) is 0 Å². The molecule has 5 heteroatoms. The second kappa shape index (κ2) is 9.33. The lowest BCUT2D eigenvalue weighted by atomic mass is 9.93. The SMILES string of the molecule is Cc1ccc(COC(c2ccc(C#N)c(-c3ccnc4ccccc34)c2)c2cncs2)cc1. The van der Waals surface area contributed by atoms with Crippen molar-refractivity contribution in [3.05, 3.63) is 118 Å². The molecule has 0 spiro atoms. The Kier molecular flexibility index (Phi) is 5.95. The van der Waals surface area contributed by atoms with Crippen molar-refractivity contribution in [1.82, 2.24) is 9.97 Å². The van der Waals surface area contributed by atoms with Crippen LogP contribution in [0.2, 0.25) is 0 Å². The summed E-state index contributed by atoms with van der Waals surface area (Å²) in [5.74, 6) is 0. The van der Waals surface area contributed by atoms with Crippen LogP contribution in [0.25, 0.3) is 22.0 Å². The third-order valence-corrected chi connectivity index (χ3v) is 6.47. The number of nitrogens with zero attached hydrogens (tertiary/aromatic N) is 3. The monoisotopic (exact) mass is 447 g/mol. The van der Waals surface area contributed by atoms with E-state index in [1.165, 1.54) is 5.56 Å². The molecule has 2 heterocycles. The fourth-order valence-electron chi connectivity index (χ4n) is 3.94. The highest BCUT2D eigenvalue weighted by atomic mass is 32.1. The molecule has 0 bridgehead atoms. The normalized spacial score (nSPS) is 11.9. The fraction of sp³-hybridized carbons (Fsp3) is 0.107. The van der Waals surface area contributed by atoms with Crippen LogP contribution in [0, 0.1) is 18.3 Å². The Balaban J connectivity index is 1.57. The molecule has 0 aliphatic rings. The summed E-state index contributed by atoms with van der Waals surface area (Å²) in [5, 5.41) is 10.9. The standard InChI is InChI=1S/C28H21N3OS/c1-19-6-8-20(9-7-19)17-32-28(27-16-30-18-33-27)21-10-11-22(15-29)25(14-21)23-12-13-31-26-5-3-2-4-24(23)26/h2-14,16,18,28H,17H2,1H3. The Morgan fingerprint density at radius 3 is 2.64 bits per heavy atom. The second-order valence-electron chi connectivity index (χ2n) is 7.87. The highest BCUT2D eigenvalue weighted by molar-refractivity contribution is 7.09. The number of hydrogen-bond donors (Lipinski definition) is 0. The molecule has 4 nitrogen and oxygen atoms in total. The highest BCUT2D eigenvalue weighted by Gasteiger charge is 2.20. The van der Waals surface area contributed by atoms with E-state index in [2.05, 4.69) is 53.3 Å². The number of aryl methyl sites for hydroxylation is 1. The van der Waals surface area contributed by atoms with Gasteiger partial charge in [0, 0.05) is 23.3 Å². The lowest BCUT2D eigenvalue weighted by Gasteiger charge is -2.19. The van der Waals surface area contributed by atoms with E-state index in [4.69, 9.17) is 4.74 Å². The van der Waals surface area contributed by atoms with Crippen molar-refractivity contribution >= 4 is 22.2 Å². The van der Waals surface area contributed by atoms with Crippen LogP contribution in [0.4, 0.5) is 0 Å². The summed E-state index contributed by atoms with van der Waals surface area (Å²) in [6, 6.07) is 26.6. The number of fused-ring (bicyclic) bond motifs is 1. The van der Waals surface area contributed by atoms with E-state index >= 15 is 0 Å². The number of nitriles is 1. The van der Waals surface area contributed by atoms with Crippen LogP contribution in [0.5, 0.6) is 0 Å². The average molecular weight is 448 g/mol. The Morgan fingerprint density at radius 1 is 1.00 bits per heavy atom. The molecule has 0 aliphatic carbocycles. The molecular formula is C28H21N3OS. The van der Waals surface area contributed by atoms with Crippen LogP contribution in [0.15, 0.2) is 90.7 Å². The molecule has 33 heavy (non-hydrogen) atoms. The van der Waals surface area contributed by atoms with Crippen LogP contribution in [-0.4, -0.2) is 9.97 Å². The van der Waals surface area contributed by atoms with Gasteiger partial charge in [-0.15, -0.1) is 11.3 Å². The van der Waals surface area contributed by atoms with Gasteiger partial charge >= 0.3 is 0 Å². The van der Waals surface area contributed by atoms with Gasteiger partial charge in [-0.1, -0.05) is 54.1 Å². The van der Waals surface area contributed by atoms with Gasteiger partial charge in [0.1, 0.15) is 6.10 Å². The molecule has 0 amide bonds. The Morgan fingerprint density at radius 2 is 1.85 bits per heavy atom. The zero-order valence-corrected chi connectivity index (χ0v) is 18.9. The topological polar surface area (TPSA) is 58.8 Å². The van der Waals surface area contributed by atoms with Crippen LogP contribution in [-0.2, 0) is 11.3 Å². The first kappa shape index (κ1) is 21.0. The first-order valence-corrected chi connectivity index (χ1v) is 11.5. The van der Waals surface area contributed by atoms with E-state index in [-0.39, 0.29) is 6.10 Å². The van der Waals surface area contributed by atoms with Crippen LogP contribution < -0.4 is 0 Å². The van der Waals surface area contributed by atoms with Gasteiger partial charge in [0.15, 0.2) is 0 Å². The summed E-state index contributed by atoms with van der Waals surface area (Å²) in [7, 11) is 0. The quantitative estimate of drug-likeness (QED) is 0.286. The lowest BCUT2D eigenvalue weighted by molar-refractivity contribution is 0.0689. The molecule has 5 aromatic rings. The maximum Gasteiger partial charge on any atom is 0.119 e. The smallest absolute Gasteiger partial charge is 0.119 e. The molecule has 1 unspecified atom stereocenters. The Bertz CT molecular complexity index is 1430. The largest absolute Gasteiger partial charge is 0.363 e. The number of thiazole rings is 1. The first-order chi connectivity index (χ1) is 16.2. The van der Waals surface area contributed by atoms with Gasteiger partial charge in [-0.3, -0.25) is 9.97 Å². The van der Waals surface area contributed by atoms with E-state index in [0.29, 0.717) is 12.2 Å². The minimum Gasteiger partial charge on any atom is -0.363 e. The summed E-state index contributed by atoms with van der Waals surface area (Å²) in [4.78, 5) is 9.77. The minimum atomic E-state index is -0.279. The molecule has 2 aromatic heterocycles. The van der Waals surface area contributed by atoms with Crippen LogP contribution >= 0.6 is 11.3 Å². The highest BCUT2D eigenvalue weighted by Crippen LogP contribution is 2.36. The molecule has 3 aromatic carbocycles. The van der Waals surface area contributed by atoms with Crippen molar-refractivity contribution in [3.63, 3.8) is 0 Å². The lowest BCUT2D eigenvalue weighted by Crippen LogP contribution is -2.06. The molecule has 0 radical (unpaired) electrons. The molecule has 160 valence electrons. The summed E-state index contributed by atoms with van der Waals surface area (Å²) in [6.07, 6.45) is 3.36. The molecule has 0 fully saturated rings.